The first-order valence-electron chi connectivity index (χ1n) is 8.38. The van der Waals surface area contributed by atoms with Crippen molar-refractivity contribution in [3.63, 3.8) is 0 Å². The highest BCUT2D eigenvalue weighted by Gasteiger charge is 2.21. The summed E-state index contributed by atoms with van der Waals surface area (Å²) in [4.78, 5) is 2.32. The van der Waals surface area contributed by atoms with Crippen molar-refractivity contribution in [2.45, 2.75) is 19.1 Å². The Morgan fingerprint density at radius 2 is 2.08 bits per heavy atom. The van der Waals surface area contributed by atoms with Crippen LogP contribution in [0.15, 0.2) is 46.9 Å². The normalized spacial score (nSPS) is 18.9. The summed E-state index contributed by atoms with van der Waals surface area (Å²) in [5.74, 6) is 0.768. The van der Waals surface area contributed by atoms with E-state index >= 15 is 0 Å². The van der Waals surface area contributed by atoms with E-state index in [-0.39, 0.29) is 6.61 Å². The third-order valence-corrected chi connectivity index (χ3v) is 5.17. The standard InChI is InChI=1S/C19H22BrClN2O2/c1-13-11-23(10-9-22-13)17-4-2-3-16(20)19(17)25-12-18(24)14-5-7-15(21)8-6-14/h2-8,13,18,22,24H,9-12H2,1H3/t13-,18?/m0/s1. The van der Waals surface area contributed by atoms with Crippen LogP contribution < -0.4 is 15.0 Å². The molecule has 6 heteroatoms. The Balaban J connectivity index is 1.74. The number of aliphatic hydroxyl groups is 1. The molecular formula is C19H22BrClN2O2. The number of anilines is 1. The van der Waals surface area contributed by atoms with E-state index in [4.69, 9.17) is 16.3 Å². The lowest BCUT2D eigenvalue weighted by Gasteiger charge is -2.34. The van der Waals surface area contributed by atoms with Gasteiger partial charge in [0.15, 0.2) is 5.75 Å². The Kier molecular flexibility index (Phi) is 6.23. The zero-order valence-electron chi connectivity index (χ0n) is 14.1. The number of hydrogen-bond acceptors (Lipinski definition) is 4. The molecule has 2 aromatic rings. The Morgan fingerprint density at radius 1 is 1.32 bits per heavy atom. The summed E-state index contributed by atoms with van der Waals surface area (Å²) in [5, 5.41) is 14.5. The number of benzene rings is 2. The van der Waals surface area contributed by atoms with E-state index in [1.54, 1.807) is 12.1 Å². The number of para-hydroxylation sites is 1. The number of nitrogens with zero attached hydrogens (tertiary/aromatic N) is 1. The van der Waals surface area contributed by atoms with Gasteiger partial charge in [-0.2, -0.15) is 0 Å². The highest BCUT2D eigenvalue weighted by molar-refractivity contribution is 9.10. The molecule has 2 aromatic carbocycles. The fourth-order valence-electron chi connectivity index (χ4n) is 2.98. The maximum Gasteiger partial charge on any atom is 0.156 e. The topological polar surface area (TPSA) is 44.7 Å². The molecule has 0 saturated carbocycles. The van der Waals surface area contributed by atoms with E-state index in [2.05, 4.69) is 39.1 Å². The van der Waals surface area contributed by atoms with Gasteiger partial charge in [0.25, 0.3) is 0 Å². The molecule has 2 N–H and O–H groups in total. The number of halogens is 2. The number of piperazine rings is 1. The van der Waals surface area contributed by atoms with Crippen LogP contribution in [0.3, 0.4) is 0 Å². The monoisotopic (exact) mass is 424 g/mol. The smallest absolute Gasteiger partial charge is 0.156 e. The maximum absolute atomic E-state index is 10.4. The van der Waals surface area contributed by atoms with Crippen LogP contribution in [0.2, 0.25) is 5.02 Å². The molecule has 0 bridgehead atoms. The summed E-state index contributed by atoms with van der Waals surface area (Å²) in [6.07, 6.45) is -0.709. The third-order valence-electron chi connectivity index (χ3n) is 4.30. The molecular weight excluding hydrogens is 404 g/mol. The molecule has 0 spiro atoms. The molecule has 4 nitrogen and oxygen atoms in total. The minimum Gasteiger partial charge on any atom is -0.487 e. The second-order valence-electron chi connectivity index (χ2n) is 6.27. The summed E-state index contributed by atoms with van der Waals surface area (Å²) < 4.78 is 6.90. The van der Waals surface area contributed by atoms with E-state index in [0.29, 0.717) is 11.1 Å². The molecule has 134 valence electrons. The Morgan fingerprint density at radius 3 is 2.80 bits per heavy atom. The van der Waals surface area contributed by atoms with Crippen molar-refractivity contribution in [3.05, 3.63) is 57.5 Å². The minimum atomic E-state index is -0.709. The number of rotatable bonds is 5. The van der Waals surface area contributed by atoms with Crippen LogP contribution in [0.5, 0.6) is 5.75 Å². The SMILES string of the molecule is C[C@H]1CN(c2cccc(Br)c2OCC(O)c2ccc(Cl)cc2)CCN1. The lowest BCUT2D eigenvalue weighted by Crippen LogP contribution is -2.49. The lowest BCUT2D eigenvalue weighted by atomic mass is 10.1. The highest BCUT2D eigenvalue weighted by Crippen LogP contribution is 2.37. The van der Waals surface area contributed by atoms with Crippen LogP contribution in [-0.4, -0.2) is 37.4 Å². The number of aliphatic hydroxyl groups excluding tert-OH is 1. The highest BCUT2D eigenvalue weighted by atomic mass is 79.9. The summed E-state index contributed by atoms with van der Waals surface area (Å²) in [6, 6.07) is 13.6. The molecule has 1 heterocycles. The van der Waals surface area contributed by atoms with E-state index in [1.165, 1.54) is 0 Å². The molecule has 1 fully saturated rings. The Labute approximate surface area is 161 Å². The van der Waals surface area contributed by atoms with E-state index in [9.17, 15) is 5.11 Å². The van der Waals surface area contributed by atoms with Crippen LogP contribution in [0, 0.1) is 0 Å². The van der Waals surface area contributed by atoms with Crippen molar-refractivity contribution in [2.24, 2.45) is 0 Å². The fourth-order valence-corrected chi connectivity index (χ4v) is 3.58. The molecule has 2 atom stereocenters. The van der Waals surface area contributed by atoms with Gasteiger partial charge in [0.2, 0.25) is 0 Å². The molecule has 1 aliphatic rings. The predicted octanol–water partition coefficient (Wildman–Crippen LogP) is 4.01. The number of hydrogen-bond donors (Lipinski definition) is 2. The number of nitrogens with one attached hydrogen (secondary N) is 1. The van der Waals surface area contributed by atoms with Crippen molar-refractivity contribution in [1.29, 1.82) is 0 Å². The summed E-state index contributed by atoms with van der Waals surface area (Å²) in [6.45, 7) is 5.15. The average Bonchev–Trinajstić information content (AvgIpc) is 2.61. The Hall–Kier alpha value is -1.27. The van der Waals surface area contributed by atoms with Gasteiger partial charge in [-0.15, -0.1) is 0 Å². The lowest BCUT2D eigenvalue weighted by molar-refractivity contribution is 0.108. The predicted molar refractivity (Wildman–Crippen MR) is 106 cm³/mol. The second-order valence-corrected chi connectivity index (χ2v) is 7.56. The summed E-state index contributed by atoms with van der Waals surface area (Å²) in [7, 11) is 0. The molecule has 1 saturated heterocycles. The van der Waals surface area contributed by atoms with E-state index in [1.807, 2.05) is 24.3 Å². The fraction of sp³-hybridized carbons (Fsp3) is 0.368. The van der Waals surface area contributed by atoms with Crippen molar-refractivity contribution in [2.75, 3.05) is 31.1 Å². The van der Waals surface area contributed by atoms with Crippen molar-refractivity contribution < 1.29 is 9.84 Å². The first-order valence-corrected chi connectivity index (χ1v) is 9.55. The van der Waals surface area contributed by atoms with Gasteiger partial charge in [0.1, 0.15) is 12.7 Å². The van der Waals surface area contributed by atoms with Gasteiger partial charge in [0, 0.05) is 30.7 Å². The Bertz CT molecular complexity index is 711. The first-order chi connectivity index (χ1) is 12.0. The van der Waals surface area contributed by atoms with E-state index < -0.39 is 6.10 Å². The zero-order chi connectivity index (χ0) is 17.8. The van der Waals surface area contributed by atoms with Crippen molar-refractivity contribution >= 4 is 33.2 Å². The minimum absolute atomic E-state index is 0.179. The van der Waals surface area contributed by atoms with Crippen LogP contribution in [0.25, 0.3) is 0 Å². The molecule has 0 radical (unpaired) electrons. The van der Waals surface area contributed by atoms with Crippen LogP contribution in [0.4, 0.5) is 5.69 Å². The molecule has 3 rings (SSSR count). The number of ether oxygens (including phenoxy) is 1. The van der Waals surface area contributed by atoms with Crippen molar-refractivity contribution in [1.82, 2.24) is 5.32 Å². The van der Waals surface area contributed by atoms with Gasteiger partial charge in [-0.05, 0) is 52.7 Å². The first kappa shape index (κ1) is 18.5. The van der Waals surface area contributed by atoms with Crippen molar-refractivity contribution in [3.8, 4) is 5.75 Å². The maximum atomic E-state index is 10.4. The van der Waals surface area contributed by atoms with Gasteiger partial charge in [-0.25, -0.2) is 0 Å². The zero-order valence-corrected chi connectivity index (χ0v) is 16.4. The molecule has 1 unspecified atom stereocenters. The summed E-state index contributed by atoms with van der Waals surface area (Å²) in [5.41, 5.74) is 1.83. The van der Waals surface area contributed by atoms with Gasteiger partial charge in [0.05, 0.1) is 10.2 Å². The molecule has 1 aliphatic heterocycles. The van der Waals surface area contributed by atoms with Crippen LogP contribution >= 0.6 is 27.5 Å². The van der Waals surface area contributed by atoms with Gasteiger partial charge in [-0.1, -0.05) is 29.8 Å². The van der Waals surface area contributed by atoms with Gasteiger partial charge in [-0.3, -0.25) is 0 Å². The molecule has 25 heavy (non-hydrogen) atoms. The molecule has 0 aromatic heterocycles. The quantitative estimate of drug-likeness (QED) is 0.760. The third kappa shape index (κ3) is 4.67. The average molecular weight is 426 g/mol. The van der Waals surface area contributed by atoms with Crippen LogP contribution in [0.1, 0.15) is 18.6 Å². The van der Waals surface area contributed by atoms with Gasteiger partial charge >= 0.3 is 0 Å². The second kappa shape index (κ2) is 8.41. The molecule has 0 aliphatic carbocycles. The van der Waals surface area contributed by atoms with Crippen LogP contribution in [-0.2, 0) is 0 Å². The molecule has 0 amide bonds. The van der Waals surface area contributed by atoms with E-state index in [0.717, 1.165) is 41.1 Å². The largest absolute Gasteiger partial charge is 0.487 e. The summed E-state index contributed by atoms with van der Waals surface area (Å²) >= 11 is 9.48. The van der Waals surface area contributed by atoms with Gasteiger partial charge < -0.3 is 20.1 Å².